The van der Waals surface area contributed by atoms with Gasteiger partial charge in [0.05, 0.1) is 13.2 Å². The molecule has 0 saturated carbocycles. The first kappa shape index (κ1) is 11.2. The van der Waals surface area contributed by atoms with E-state index in [9.17, 15) is 0 Å². The van der Waals surface area contributed by atoms with Crippen molar-refractivity contribution in [2.75, 3.05) is 13.2 Å². The third-order valence-corrected chi connectivity index (χ3v) is 4.15. The van der Waals surface area contributed by atoms with E-state index in [1.807, 2.05) is 13.8 Å². The monoisotopic (exact) mass is 232 g/mol. The molecule has 1 aromatic rings. The Kier molecular flexibility index (Phi) is 2.36. The van der Waals surface area contributed by atoms with Crippen LogP contribution in [0.5, 0.6) is 0 Å². The number of benzene rings is 1. The Balaban J connectivity index is 1.96. The summed E-state index contributed by atoms with van der Waals surface area (Å²) >= 11 is 0. The van der Waals surface area contributed by atoms with Gasteiger partial charge >= 0.3 is 0 Å². The molecule has 1 fully saturated rings. The van der Waals surface area contributed by atoms with Crippen molar-refractivity contribution in [1.82, 2.24) is 0 Å². The first-order valence-electron chi connectivity index (χ1n) is 6.40. The minimum atomic E-state index is -0.425. The van der Waals surface area contributed by atoms with Crippen molar-refractivity contribution in [3.8, 4) is 0 Å². The number of ether oxygens (including phenoxy) is 2. The molecule has 1 heterocycles. The number of hydrogen-bond donors (Lipinski definition) is 0. The molecule has 1 aliphatic carbocycles. The van der Waals surface area contributed by atoms with Crippen LogP contribution < -0.4 is 0 Å². The Hall–Kier alpha value is -0.860. The van der Waals surface area contributed by atoms with E-state index in [0.29, 0.717) is 5.92 Å². The summed E-state index contributed by atoms with van der Waals surface area (Å²) in [6, 6.07) is 8.74. The third kappa shape index (κ3) is 1.71. The van der Waals surface area contributed by atoms with E-state index in [1.165, 1.54) is 11.1 Å². The van der Waals surface area contributed by atoms with Gasteiger partial charge in [0.2, 0.25) is 0 Å². The Morgan fingerprint density at radius 2 is 1.76 bits per heavy atom. The molecule has 1 unspecified atom stereocenters. The topological polar surface area (TPSA) is 18.5 Å². The van der Waals surface area contributed by atoms with Gasteiger partial charge in [0.15, 0.2) is 5.79 Å². The quantitative estimate of drug-likeness (QED) is 0.684. The normalized spacial score (nSPS) is 29.2. The molecule has 0 bridgehead atoms. The number of fused-ring (bicyclic) bond motifs is 2. The standard InChI is InChI=1S/C15H20O2/c1-11-8-15(9-16-14(2,3)17-10-15)13-7-5-4-6-12(11)13/h4-7,11H,8-10H2,1-3H3. The van der Waals surface area contributed by atoms with Crippen LogP contribution in [0.25, 0.3) is 0 Å². The molecular weight excluding hydrogens is 212 g/mol. The van der Waals surface area contributed by atoms with Gasteiger partial charge in [-0.3, -0.25) is 0 Å². The molecule has 0 radical (unpaired) electrons. The Morgan fingerprint density at radius 3 is 2.47 bits per heavy atom. The molecule has 92 valence electrons. The zero-order valence-electron chi connectivity index (χ0n) is 10.8. The highest BCUT2D eigenvalue weighted by atomic mass is 16.7. The first-order chi connectivity index (χ1) is 8.03. The Labute approximate surface area is 103 Å². The average Bonchev–Trinajstić information content (AvgIpc) is 2.59. The van der Waals surface area contributed by atoms with Crippen LogP contribution in [0.1, 0.15) is 44.2 Å². The molecule has 1 aliphatic heterocycles. The molecular formula is C15H20O2. The second kappa shape index (κ2) is 3.56. The zero-order valence-corrected chi connectivity index (χ0v) is 10.8. The molecule has 0 amide bonds. The average molecular weight is 232 g/mol. The van der Waals surface area contributed by atoms with Gasteiger partial charge in [-0.05, 0) is 37.3 Å². The number of hydrogen-bond acceptors (Lipinski definition) is 2. The van der Waals surface area contributed by atoms with Crippen LogP contribution in [0.2, 0.25) is 0 Å². The van der Waals surface area contributed by atoms with Crippen molar-refractivity contribution in [1.29, 1.82) is 0 Å². The molecule has 2 nitrogen and oxygen atoms in total. The predicted octanol–water partition coefficient (Wildman–Crippen LogP) is 3.21. The van der Waals surface area contributed by atoms with Crippen LogP contribution in [0.3, 0.4) is 0 Å². The van der Waals surface area contributed by atoms with Crippen LogP contribution in [-0.2, 0) is 14.9 Å². The van der Waals surface area contributed by atoms with Gasteiger partial charge in [-0.2, -0.15) is 0 Å². The fourth-order valence-electron chi connectivity index (χ4n) is 3.20. The van der Waals surface area contributed by atoms with Crippen molar-refractivity contribution in [3.05, 3.63) is 35.4 Å². The van der Waals surface area contributed by atoms with E-state index in [1.54, 1.807) is 0 Å². The lowest BCUT2D eigenvalue weighted by atomic mass is 9.82. The molecule has 1 saturated heterocycles. The fraction of sp³-hybridized carbons (Fsp3) is 0.600. The van der Waals surface area contributed by atoms with E-state index in [0.717, 1.165) is 19.6 Å². The summed E-state index contributed by atoms with van der Waals surface area (Å²) < 4.78 is 11.8. The van der Waals surface area contributed by atoms with Gasteiger partial charge in [0.1, 0.15) is 0 Å². The maximum Gasteiger partial charge on any atom is 0.162 e. The van der Waals surface area contributed by atoms with Crippen LogP contribution in [0.15, 0.2) is 24.3 Å². The van der Waals surface area contributed by atoms with Gasteiger partial charge in [0.25, 0.3) is 0 Å². The van der Waals surface area contributed by atoms with E-state index in [-0.39, 0.29) is 5.41 Å². The van der Waals surface area contributed by atoms with Crippen LogP contribution in [0, 0.1) is 0 Å². The summed E-state index contributed by atoms with van der Waals surface area (Å²) in [5, 5.41) is 0. The van der Waals surface area contributed by atoms with Gasteiger partial charge in [0, 0.05) is 5.41 Å². The summed E-state index contributed by atoms with van der Waals surface area (Å²) in [4.78, 5) is 0. The fourth-order valence-corrected chi connectivity index (χ4v) is 3.20. The molecule has 0 aromatic heterocycles. The summed E-state index contributed by atoms with van der Waals surface area (Å²) in [5.41, 5.74) is 2.99. The minimum Gasteiger partial charge on any atom is -0.350 e. The lowest BCUT2D eigenvalue weighted by Crippen LogP contribution is -2.48. The third-order valence-electron chi connectivity index (χ3n) is 4.15. The van der Waals surface area contributed by atoms with E-state index >= 15 is 0 Å². The lowest BCUT2D eigenvalue weighted by molar-refractivity contribution is -0.269. The van der Waals surface area contributed by atoms with Gasteiger partial charge in [-0.25, -0.2) is 0 Å². The van der Waals surface area contributed by atoms with E-state index < -0.39 is 5.79 Å². The molecule has 1 spiro atoms. The summed E-state index contributed by atoms with van der Waals surface area (Å²) in [7, 11) is 0. The van der Waals surface area contributed by atoms with Crippen LogP contribution >= 0.6 is 0 Å². The summed E-state index contributed by atoms with van der Waals surface area (Å²) in [5.74, 6) is 0.186. The van der Waals surface area contributed by atoms with Gasteiger partial charge in [-0.1, -0.05) is 31.2 Å². The summed E-state index contributed by atoms with van der Waals surface area (Å²) in [6.07, 6.45) is 1.14. The second-order valence-electron chi connectivity index (χ2n) is 5.95. The van der Waals surface area contributed by atoms with Crippen molar-refractivity contribution in [3.63, 3.8) is 0 Å². The van der Waals surface area contributed by atoms with Crippen LogP contribution in [0.4, 0.5) is 0 Å². The lowest BCUT2D eigenvalue weighted by Gasteiger charge is -2.42. The second-order valence-corrected chi connectivity index (χ2v) is 5.95. The molecule has 1 atom stereocenters. The zero-order chi connectivity index (χ0) is 12.1. The summed E-state index contributed by atoms with van der Waals surface area (Å²) in [6.45, 7) is 7.84. The molecule has 2 aliphatic rings. The predicted molar refractivity (Wildman–Crippen MR) is 67.1 cm³/mol. The van der Waals surface area contributed by atoms with Crippen LogP contribution in [-0.4, -0.2) is 19.0 Å². The minimum absolute atomic E-state index is 0.0888. The highest BCUT2D eigenvalue weighted by molar-refractivity contribution is 5.42. The SMILES string of the molecule is CC1CC2(COC(C)(C)OC2)c2ccccc21. The smallest absolute Gasteiger partial charge is 0.162 e. The van der Waals surface area contributed by atoms with Gasteiger partial charge in [-0.15, -0.1) is 0 Å². The molecule has 1 aromatic carbocycles. The first-order valence-corrected chi connectivity index (χ1v) is 6.40. The number of rotatable bonds is 0. The molecule has 0 N–H and O–H groups in total. The van der Waals surface area contributed by atoms with Crippen molar-refractivity contribution < 1.29 is 9.47 Å². The van der Waals surface area contributed by atoms with E-state index in [2.05, 4.69) is 31.2 Å². The van der Waals surface area contributed by atoms with E-state index in [4.69, 9.17) is 9.47 Å². The maximum atomic E-state index is 5.89. The Bertz CT molecular complexity index is 426. The highest BCUT2D eigenvalue weighted by Crippen LogP contribution is 2.48. The van der Waals surface area contributed by atoms with Crippen molar-refractivity contribution in [2.45, 2.75) is 44.3 Å². The largest absolute Gasteiger partial charge is 0.350 e. The maximum absolute atomic E-state index is 5.89. The molecule has 17 heavy (non-hydrogen) atoms. The van der Waals surface area contributed by atoms with Gasteiger partial charge < -0.3 is 9.47 Å². The Morgan fingerprint density at radius 1 is 1.12 bits per heavy atom. The van der Waals surface area contributed by atoms with Crippen molar-refractivity contribution in [2.24, 2.45) is 0 Å². The van der Waals surface area contributed by atoms with Crippen molar-refractivity contribution >= 4 is 0 Å². The highest BCUT2D eigenvalue weighted by Gasteiger charge is 2.47. The molecule has 2 heteroatoms. The molecule has 3 rings (SSSR count).